The van der Waals surface area contributed by atoms with Crippen LogP contribution in [-0.2, 0) is 0 Å². The van der Waals surface area contributed by atoms with Gasteiger partial charge in [-0.3, -0.25) is 4.79 Å². The van der Waals surface area contributed by atoms with Gasteiger partial charge < -0.3 is 15.7 Å². The number of rotatable bonds is 2. The number of aromatic hydroxyl groups is 1. The maximum Gasteiger partial charge on any atom is 0.258 e. The lowest BCUT2D eigenvalue weighted by Crippen LogP contribution is -2.35. The minimum absolute atomic E-state index is 0.0338. The predicted octanol–water partition coefficient (Wildman–Crippen LogP) is 1.40. The van der Waals surface area contributed by atoms with Gasteiger partial charge in [0.25, 0.3) is 5.91 Å². The molecular weight excluding hydrogens is 235 g/mol. The van der Waals surface area contributed by atoms with Crippen LogP contribution in [0.2, 0.25) is 0 Å². The smallest absolute Gasteiger partial charge is 0.258 e. The van der Waals surface area contributed by atoms with Crippen LogP contribution in [-0.4, -0.2) is 30.1 Å². The Morgan fingerprint density at radius 3 is 3.00 bits per heavy atom. The molecule has 1 saturated heterocycles. The largest absolute Gasteiger partial charge is 0.507 e. The highest BCUT2D eigenvalue weighted by atomic mass is 19.1. The summed E-state index contributed by atoms with van der Waals surface area (Å²) < 4.78 is 13.5. The SMILES string of the molecule is O=C(NC1CCCNCC1)c1c(O)cccc1F. The molecule has 1 aliphatic heterocycles. The van der Waals surface area contributed by atoms with Crippen LogP contribution in [0.1, 0.15) is 29.6 Å². The molecule has 0 radical (unpaired) electrons. The van der Waals surface area contributed by atoms with Gasteiger partial charge in [0.05, 0.1) is 0 Å². The Balaban J connectivity index is 2.07. The van der Waals surface area contributed by atoms with Crippen LogP contribution in [0.3, 0.4) is 0 Å². The maximum atomic E-state index is 13.5. The zero-order valence-electron chi connectivity index (χ0n) is 10.1. The number of carbonyl (C=O) groups is 1. The van der Waals surface area contributed by atoms with E-state index in [0.29, 0.717) is 0 Å². The monoisotopic (exact) mass is 252 g/mol. The molecule has 1 unspecified atom stereocenters. The number of halogens is 1. The Hall–Kier alpha value is -1.62. The van der Waals surface area contributed by atoms with E-state index < -0.39 is 11.7 Å². The van der Waals surface area contributed by atoms with E-state index in [1.807, 2.05) is 0 Å². The van der Waals surface area contributed by atoms with Crippen molar-refractivity contribution < 1.29 is 14.3 Å². The van der Waals surface area contributed by atoms with Crippen molar-refractivity contribution in [1.82, 2.24) is 10.6 Å². The van der Waals surface area contributed by atoms with Gasteiger partial charge in [-0.15, -0.1) is 0 Å². The van der Waals surface area contributed by atoms with Gasteiger partial charge in [0.15, 0.2) is 0 Å². The Morgan fingerprint density at radius 1 is 1.39 bits per heavy atom. The van der Waals surface area contributed by atoms with E-state index in [-0.39, 0.29) is 17.4 Å². The zero-order chi connectivity index (χ0) is 13.0. The molecular formula is C13H17FN2O2. The summed E-state index contributed by atoms with van der Waals surface area (Å²) in [4.78, 5) is 11.9. The maximum absolute atomic E-state index is 13.5. The third-order valence-corrected chi connectivity index (χ3v) is 3.13. The first-order chi connectivity index (χ1) is 8.68. The molecule has 0 spiro atoms. The second-order valence-corrected chi connectivity index (χ2v) is 4.49. The molecule has 18 heavy (non-hydrogen) atoms. The van der Waals surface area contributed by atoms with Crippen molar-refractivity contribution in [2.45, 2.75) is 25.3 Å². The average Bonchev–Trinajstić information content (AvgIpc) is 2.57. The molecule has 98 valence electrons. The van der Waals surface area contributed by atoms with E-state index in [9.17, 15) is 14.3 Å². The van der Waals surface area contributed by atoms with Gasteiger partial charge in [-0.2, -0.15) is 0 Å². The first kappa shape index (κ1) is 12.8. The van der Waals surface area contributed by atoms with Gasteiger partial charge >= 0.3 is 0 Å². The van der Waals surface area contributed by atoms with Crippen LogP contribution in [0.5, 0.6) is 5.75 Å². The second kappa shape index (κ2) is 5.82. The van der Waals surface area contributed by atoms with Crippen LogP contribution in [0.15, 0.2) is 18.2 Å². The Kier molecular flexibility index (Phi) is 4.15. The number of phenols is 1. The summed E-state index contributed by atoms with van der Waals surface area (Å²) in [5.41, 5.74) is -0.269. The topological polar surface area (TPSA) is 61.4 Å². The van der Waals surface area contributed by atoms with E-state index in [1.54, 1.807) is 0 Å². The van der Waals surface area contributed by atoms with Gasteiger partial charge in [-0.1, -0.05) is 6.07 Å². The molecule has 0 aromatic heterocycles. The van der Waals surface area contributed by atoms with Gasteiger partial charge in [-0.25, -0.2) is 4.39 Å². The highest BCUT2D eigenvalue weighted by Gasteiger charge is 2.20. The molecule has 1 aromatic rings. The lowest BCUT2D eigenvalue weighted by atomic mass is 10.1. The Morgan fingerprint density at radius 2 is 2.22 bits per heavy atom. The molecule has 4 nitrogen and oxygen atoms in total. The number of carbonyl (C=O) groups excluding carboxylic acids is 1. The van der Waals surface area contributed by atoms with Crippen molar-refractivity contribution in [3.05, 3.63) is 29.6 Å². The number of phenolic OH excluding ortho intramolecular Hbond substituents is 1. The summed E-state index contributed by atoms with van der Waals surface area (Å²) in [6.07, 6.45) is 2.67. The number of benzene rings is 1. The number of hydrogen-bond acceptors (Lipinski definition) is 3. The summed E-state index contributed by atoms with van der Waals surface area (Å²) in [5.74, 6) is -1.56. The summed E-state index contributed by atoms with van der Waals surface area (Å²) in [5, 5.41) is 15.5. The van der Waals surface area contributed by atoms with E-state index in [2.05, 4.69) is 10.6 Å². The molecule has 1 fully saturated rings. The summed E-state index contributed by atoms with van der Waals surface area (Å²) in [7, 11) is 0. The number of nitrogens with one attached hydrogen (secondary N) is 2. The van der Waals surface area contributed by atoms with E-state index in [4.69, 9.17) is 0 Å². The van der Waals surface area contributed by atoms with Crippen LogP contribution < -0.4 is 10.6 Å². The predicted molar refractivity (Wildman–Crippen MR) is 66.0 cm³/mol. The van der Waals surface area contributed by atoms with Crippen molar-refractivity contribution in [2.75, 3.05) is 13.1 Å². The minimum atomic E-state index is -0.695. The molecule has 3 N–H and O–H groups in total. The molecule has 0 aliphatic carbocycles. The second-order valence-electron chi connectivity index (χ2n) is 4.49. The van der Waals surface area contributed by atoms with E-state index in [1.165, 1.54) is 18.2 Å². The van der Waals surface area contributed by atoms with Gasteiger partial charge in [0.1, 0.15) is 17.1 Å². The fraction of sp³-hybridized carbons (Fsp3) is 0.462. The zero-order valence-corrected chi connectivity index (χ0v) is 10.1. The van der Waals surface area contributed by atoms with Crippen LogP contribution in [0, 0.1) is 5.82 Å². The number of amides is 1. The molecule has 5 heteroatoms. The molecule has 2 rings (SSSR count). The van der Waals surface area contributed by atoms with Crippen LogP contribution >= 0.6 is 0 Å². The van der Waals surface area contributed by atoms with Crippen molar-refractivity contribution in [3.8, 4) is 5.75 Å². The fourth-order valence-corrected chi connectivity index (χ4v) is 2.16. The van der Waals surface area contributed by atoms with Crippen molar-refractivity contribution in [1.29, 1.82) is 0 Å². The standard InChI is InChI=1S/C13H17FN2O2/c14-10-4-1-5-11(17)12(10)13(18)16-9-3-2-7-15-8-6-9/h1,4-5,9,15,17H,2-3,6-8H2,(H,16,18). The quantitative estimate of drug-likeness (QED) is 0.745. The molecule has 1 atom stereocenters. The average molecular weight is 252 g/mol. The van der Waals surface area contributed by atoms with Gasteiger partial charge in [0.2, 0.25) is 0 Å². The Bertz CT molecular complexity index is 409. The summed E-state index contributed by atoms with van der Waals surface area (Å²) in [6.45, 7) is 1.78. The third kappa shape index (κ3) is 2.98. The van der Waals surface area contributed by atoms with E-state index >= 15 is 0 Å². The first-order valence-corrected chi connectivity index (χ1v) is 6.17. The van der Waals surface area contributed by atoms with Crippen molar-refractivity contribution in [2.24, 2.45) is 0 Å². The molecule has 1 aromatic carbocycles. The fourth-order valence-electron chi connectivity index (χ4n) is 2.16. The first-order valence-electron chi connectivity index (χ1n) is 6.17. The summed E-state index contributed by atoms with van der Waals surface area (Å²) in [6, 6.07) is 3.89. The van der Waals surface area contributed by atoms with E-state index in [0.717, 1.165) is 32.4 Å². The highest BCUT2D eigenvalue weighted by molar-refractivity contribution is 5.97. The highest BCUT2D eigenvalue weighted by Crippen LogP contribution is 2.20. The van der Waals surface area contributed by atoms with Crippen molar-refractivity contribution in [3.63, 3.8) is 0 Å². The lowest BCUT2D eigenvalue weighted by Gasteiger charge is -2.16. The normalized spacial score (nSPS) is 20.2. The van der Waals surface area contributed by atoms with Gasteiger partial charge in [-0.05, 0) is 44.5 Å². The van der Waals surface area contributed by atoms with Crippen LogP contribution in [0.4, 0.5) is 4.39 Å². The van der Waals surface area contributed by atoms with Gasteiger partial charge in [0, 0.05) is 6.04 Å². The molecule has 1 aliphatic rings. The molecule has 1 heterocycles. The third-order valence-electron chi connectivity index (χ3n) is 3.13. The van der Waals surface area contributed by atoms with Crippen molar-refractivity contribution >= 4 is 5.91 Å². The Labute approximate surface area is 105 Å². The molecule has 0 bridgehead atoms. The van der Waals surface area contributed by atoms with Crippen LogP contribution in [0.25, 0.3) is 0 Å². The minimum Gasteiger partial charge on any atom is -0.507 e. The lowest BCUT2D eigenvalue weighted by molar-refractivity contribution is 0.0927. The molecule has 1 amide bonds. The summed E-state index contributed by atoms with van der Waals surface area (Å²) >= 11 is 0. The number of hydrogen-bond donors (Lipinski definition) is 3. The molecule has 0 saturated carbocycles.